The van der Waals surface area contributed by atoms with Gasteiger partial charge in [-0.25, -0.2) is 0 Å². The van der Waals surface area contributed by atoms with Gasteiger partial charge >= 0.3 is 0 Å². The molecule has 0 saturated heterocycles. The van der Waals surface area contributed by atoms with Crippen LogP contribution < -0.4 is 10.1 Å². The molecule has 0 aliphatic rings. The van der Waals surface area contributed by atoms with Gasteiger partial charge in [0.2, 0.25) is 5.91 Å². The number of benzene rings is 2. The van der Waals surface area contributed by atoms with Gasteiger partial charge in [-0.15, -0.1) is 0 Å². The molecule has 2 aromatic rings. The molecule has 31 heavy (non-hydrogen) atoms. The van der Waals surface area contributed by atoms with Crippen molar-refractivity contribution in [2.24, 2.45) is 0 Å². The Morgan fingerprint density at radius 3 is 2.48 bits per heavy atom. The van der Waals surface area contributed by atoms with Crippen molar-refractivity contribution in [3.8, 4) is 5.75 Å². The predicted octanol–water partition coefficient (Wildman–Crippen LogP) is 5.32. The number of carbonyl (C=O) groups excluding carboxylic acids is 2. The molecule has 168 valence electrons. The van der Waals surface area contributed by atoms with E-state index in [2.05, 4.69) is 5.32 Å². The van der Waals surface area contributed by atoms with E-state index >= 15 is 0 Å². The number of hydrogen-bond acceptors (Lipinski definition) is 3. The Hall–Kier alpha value is -2.24. The first-order valence-corrected chi connectivity index (χ1v) is 11.1. The molecule has 0 aromatic heterocycles. The highest BCUT2D eigenvalue weighted by molar-refractivity contribution is 6.35. The number of amides is 2. The van der Waals surface area contributed by atoms with Crippen molar-refractivity contribution in [1.29, 1.82) is 0 Å². The SMILES string of the molecule is CC[C@@H](C)NC(=O)[C@H](C)N(Cc1ccc(Cl)cc1Cl)C(=O)COc1cccc(C)c1C. The average Bonchev–Trinajstić information content (AvgIpc) is 2.73. The average molecular weight is 465 g/mol. The van der Waals surface area contributed by atoms with Crippen LogP contribution >= 0.6 is 23.2 Å². The molecule has 1 N–H and O–H groups in total. The quantitative estimate of drug-likeness (QED) is 0.545. The Kier molecular flexibility index (Phi) is 9.20. The van der Waals surface area contributed by atoms with E-state index in [0.717, 1.165) is 17.5 Å². The van der Waals surface area contributed by atoms with Crippen LogP contribution in [0, 0.1) is 13.8 Å². The summed E-state index contributed by atoms with van der Waals surface area (Å²) in [6.45, 7) is 9.54. The van der Waals surface area contributed by atoms with Crippen LogP contribution in [0.5, 0.6) is 5.75 Å². The standard InChI is InChI=1S/C24H30Cl2N2O3/c1-6-16(3)27-24(30)18(5)28(13-19-10-11-20(25)12-21(19)26)23(29)14-31-22-9-7-8-15(2)17(22)4/h7-12,16,18H,6,13-14H2,1-5H3,(H,27,30)/t16-,18+/m1/s1. The number of aryl methyl sites for hydroxylation is 1. The van der Waals surface area contributed by atoms with Crippen molar-refractivity contribution in [3.05, 3.63) is 63.1 Å². The Labute approximate surface area is 194 Å². The van der Waals surface area contributed by atoms with Crippen molar-refractivity contribution in [3.63, 3.8) is 0 Å². The molecular formula is C24H30Cl2N2O3. The van der Waals surface area contributed by atoms with Gasteiger partial charge in [0, 0.05) is 22.6 Å². The van der Waals surface area contributed by atoms with E-state index < -0.39 is 6.04 Å². The Morgan fingerprint density at radius 1 is 1.13 bits per heavy atom. The lowest BCUT2D eigenvalue weighted by atomic mass is 10.1. The van der Waals surface area contributed by atoms with E-state index in [1.165, 1.54) is 4.90 Å². The molecular weight excluding hydrogens is 435 g/mol. The van der Waals surface area contributed by atoms with Gasteiger partial charge in [-0.05, 0) is 69.0 Å². The van der Waals surface area contributed by atoms with Crippen LogP contribution in [0.3, 0.4) is 0 Å². The fraction of sp³-hybridized carbons (Fsp3) is 0.417. The minimum Gasteiger partial charge on any atom is -0.483 e. The summed E-state index contributed by atoms with van der Waals surface area (Å²) < 4.78 is 5.80. The second kappa shape index (κ2) is 11.4. The number of hydrogen-bond donors (Lipinski definition) is 1. The van der Waals surface area contributed by atoms with Crippen molar-refractivity contribution in [2.45, 2.75) is 59.7 Å². The van der Waals surface area contributed by atoms with Crippen LogP contribution in [-0.4, -0.2) is 35.4 Å². The highest BCUT2D eigenvalue weighted by Crippen LogP contribution is 2.24. The highest BCUT2D eigenvalue weighted by Gasteiger charge is 2.28. The monoisotopic (exact) mass is 464 g/mol. The zero-order chi connectivity index (χ0) is 23.1. The van der Waals surface area contributed by atoms with Gasteiger partial charge in [0.15, 0.2) is 6.61 Å². The summed E-state index contributed by atoms with van der Waals surface area (Å²) in [4.78, 5) is 27.4. The summed E-state index contributed by atoms with van der Waals surface area (Å²) in [5.41, 5.74) is 2.76. The second-order valence-corrected chi connectivity index (χ2v) is 8.58. The molecule has 0 aliphatic heterocycles. The fourth-order valence-electron chi connectivity index (χ4n) is 2.98. The lowest BCUT2D eigenvalue weighted by molar-refractivity contribution is -0.142. The van der Waals surface area contributed by atoms with E-state index in [4.69, 9.17) is 27.9 Å². The van der Waals surface area contributed by atoms with Gasteiger partial charge in [-0.3, -0.25) is 9.59 Å². The second-order valence-electron chi connectivity index (χ2n) is 7.74. The van der Waals surface area contributed by atoms with Gasteiger partial charge in [-0.1, -0.05) is 48.3 Å². The zero-order valence-corrected chi connectivity index (χ0v) is 20.2. The van der Waals surface area contributed by atoms with E-state index in [-0.39, 0.29) is 31.0 Å². The normalized spacial score (nSPS) is 12.7. The van der Waals surface area contributed by atoms with Gasteiger partial charge in [-0.2, -0.15) is 0 Å². The molecule has 0 spiro atoms. The third-order valence-corrected chi connectivity index (χ3v) is 6.02. The molecule has 0 saturated carbocycles. The molecule has 0 unspecified atom stereocenters. The molecule has 7 heteroatoms. The van der Waals surface area contributed by atoms with Crippen LogP contribution in [0.25, 0.3) is 0 Å². The minimum absolute atomic E-state index is 0.0113. The van der Waals surface area contributed by atoms with Crippen LogP contribution in [0.2, 0.25) is 10.0 Å². The van der Waals surface area contributed by atoms with Crippen molar-refractivity contribution < 1.29 is 14.3 Å². The molecule has 2 aromatic carbocycles. The molecule has 2 atom stereocenters. The lowest BCUT2D eigenvalue weighted by Gasteiger charge is -2.30. The summed E-state index contributed by atoms with van der Waals surface area (Å²) in [6.07, 6.45) is 0.797. The summed E-state index contributed by atoms with van der Waals surface area (Å²) in [6, 6.07) is 10.1. The maximum absolute atomic E-state index is 13.1. The Bertz CT molecular complexity index is 933. The van der Waals surface area contributed by atoms with Crippen LogP contribution in [0.15, 0.2) is 36.4 Å². The smallest absolute Gasteiger partial charge is 0.261 e. The van der Waals surface area contributed by atoms with Gasteiger partial charge in [0.25, 0.3) is 5.91 Å². The minimum atomic E-state index is -0.699. The van der Waals surface area contributed by atoms with Crippen LogP contribution in [0.1, 0.15) is 43.9 Å². The summed E-state index contributed by atoms with van der Waals surface area (Å²) in [5.74, 6) is 0.118. The van der Waals surface area contributed by atoms with Gasteiger partial charge in [0.1, 0.15) is 11.8 Å². The molecule has 0 aliphatic carbocycles. The highest BCUT2D eigenvalue weighted by atomic mass is 35.5. The number of rotatable bonds is 9. The predicted molar refractivity (Wildman–Crippen MR) is 126 cm³/mol. The fourth-order valence-corrected chi connectivity index (χ4v) is 3.45. The first-order chi connectivity index (χ1) is 14.6. The Balaban J connectivity index is 2.23. The van der Waals surface area contributed by atoms with Crippen molar-refractivity contribution >= 4 is 35.0 Å². The van der Waals surface area contributed by atoms with E-state index in [1.54, 1.807) is 25.1 Å². The molecule has 2 rings (SSSR count). The number of nitrogens with one attached hydrogen (secondary N) is 1. The molecule has 5 nitrogen and oxygen atoms in total. The van der Waals surface area contributed by atoms with E-state index in [0.29, 0.717) is 21.4 Å². The van der Waals surface area contributed by atoms with E-state index in [1.807, 2.05) is 45.9 Å². The lowest BCUT2D eigenvalue weighted by Crippen LogP contribution is -2.50. The zero-order valence-electron chi connectivity index (χ0n) is 18.7. The largest absolute Gasteiger partial charge is 0.483 e. The molecule has 0 bridgehead atoms. The first kappa shape index (κ1) is 25.0. The van der Waals surface area contributed by atoms with Gasteiger partial charge < -0.3 is 15.0 Å². The molecule has 0 radical (unpaired) electrons. The van der Waals surface area contributed by atoms with Crippen molar-refractivity contribution in [1.82, 2.24) is 10.2 Å². The summed E-state index contributed by atoms with van der Waals surface area (Å²) >= 11 is 12.3. The topological polar surface area (TPSA) is 58.6 Å². The number of halogens is 2. The third-order valence-electron chi connectivity index (χ3n) is 5.43. The molecule has 0 heterocycles. The van der Waals surface area contributed by atoms with Crippen LogP contribution in [-0.2, 0) is 16.1 Å². The maximum Gasteiger partial charge on any atom is 0.261 e. The van der Waals surface area contributed by atoms with Gasteiger partial charge in [0.05, 0.1) is 0 Å². The molecule has 0 fully saturated rings. The first-order valence-electron chi connectivity index (χ1n) is 10.4. The number of nitrogens with zero attached hydrogens (tertiary/aromatic N) is 1. The Morgan fingerprint density at radius 2 is 1.84 bits per heavy atom. The van der Waals surface area contributed by atoms with Crippen molar-refractivity contribution in [2.75, 3.05) is 6.61 Å². The van der Waals surface area contributed by atoms with Crippen LogP contribution in [0.4, 0.5) is 0 Å². The third kappa shape index (κ3) is 6.88. The summed E-state index contributed by atoms with van der Waals surface area (Å²) in [5, 5.41) is 3.88. The maximum atomic E-state index is 13.1. The number of ether oxygens (including phenoxy) is 1. The molecule has 2 amide bonds. The summed E-state index contributed by atoms with van der Waals surface area (Å²) in [7, 11) is 0. The van der Waals surface area contributed by atoms with E-state index in [9.17, 15) is 9.59 Å². The number of carbonyl (C=O) groups is 2.